The maximum Gasteiger partial charge on any atom is 0.254 e. The summed E-state index contributed by atoms with van der Waals surface area (Å²) in [6.07, 6.45) is 3.74. The van der Waals surface area contributed by atoms with Crippen LogP contribution in [0, 0.1) is 0 Å². The number of hydrogen-bond acceptors (Lipinski definition) is 1. The second kappa shape index (κ2) is 6.97. The summed E-state index contributed by atoms with van der Waals surface area (Å²) < 4.78 is 1.77. The molecular formula is C13H15Br2NO. The molecule has 0 aliphatic rings. The fourth-order valence-electron chi connectivity index (χ4n) is 1.44. The SMILES string of the molecule is C=CCCCN(C)C(=O)c1ccc(Br)cc1Br. The van der Waals surface area contributed by atoms with Crippen LogP contribution in [-0.4, -0.2) is 24.4 Å². The van der Waals surface area contributed by atoms with Gasteiger partial charge in [-0.3, -0.25) is 4.79 Å². The van der Waals surface area contributed by atoms with Crippen LogP contribution in [0.25, 0.3) is 0 Å². The van der Waals surface area contributed by atoms with E-state index in [2.05, 4.69) is 38.4 Å². The van der Waals surface area contributed by atoms with Crippen molar-refractivity contribution < 1.29 is 4.79 Å². The molecule has 0 N–H and O–H groups in total. The Kier molecular flexibility index (Phi) is 5.92. The zero-order chi connectivity index (χ0) is 12.8. The van der Waals surface area contributed by atoms with Crippen LogP contribution in [0.3, 0.4) is 0 Å². The largest absolute Gasteiger partial charge is 0.342 e. The van der Waals surface area contributed by atoms with Crippen molar-refractivity contribution in [3.63, 3.8) is 0 Å². The lowest BCUT2D eigenvalue weighted by atomic mass is 10.2. The van der Waals surface area contributed by atoms with Gasteiger partial charge in [0.15, 0.2) is 0 Å². The van der Waals surface area contributed by atoms with Crippen molar-refractivity contribution in [1.29, 1.82) is 0 Å². The molecule has 2 nitrogen and oxygen atoms in total. The summed E-state index contributed by atoms with van der Waals surface area (Å²) in [7, 11) is 1.82. The minimum absolute atomic E-state index is 0.0356. The first-order valence-corrected chi connectivity index (χ1v) is 6.96. The highest BCUT2D eigenvalue weighted by molar-refractivity contribution is 9.11. The Hall–Kier alpha value is -0.610. The predicted molar refractivity (Wildman–Crippen MR) is 78.2 cm³/mol. The lowest BCUT2D eigenvalue weighted by Gasteiger charge is -2.17. The molecule has 1 amide bonds. The van der Waals surface area contributed by atoms with Gasteiger partial charge in [0.1, 0.15) is 0 Å². The van der Waals surface area contributed by atoms with Gasteiger partial charge in [0.05, 0.1) is 5.56 Å². The highest BCUT2D eigenvalue weighted by atomic mass is 79.9. The topological polar surface area (TPSA) is 20.3 Å². The van der Waals surface area contributed by atoms with Gasteiger partial charge in [-0.25, -0.2) is 0 Å². The lowest BCUT2D eigenvalue weighted by molar-refractivity contribution is 0.0793. The van der Waals surface area contributed by atoms with E-state index in [9.17, 15) is 4.79 Å². The molecule has 4 heteroatoms. The van der Waals surface area contributed by atoms with Gasteiger partial charge in [0.2, 0.25) is 0 Å². The molecular weight excluding hydrogens is 346 g/mol. The Labute approximate surface area is 119 Å². The molecule has 1 rings (SSSR count). The fraction of sp³-hybridized carbons (Fsp3) is 0.308. The molecule has 0 fully saturated rings. The van der Waals surface area contributed by atoms with Crippen molar-refractivity contribution in [2.24, 2.45) is 0 Å². The first-order chi connectivity index (χ1) is 8.06. The van der Waals surface area contributed by atoms with Gasteiger partial charge in [-0.2, -0.15) is 0 Å². The second-order valence-corrected chi connectivity index (χ2v) is 5.55. The molecule has 0 atom stereocenters. The summed E-state index contributed by atoms with van der Waals surface area (Å²) in [5.74, 6) is 0.0356. The molecule has 0 bridgehead atoms. The van der Waals surface area contributed by atoms with E-state index in [4.69, 9.17) is 0 Å². The lowest BCUT2D eigenvalue weighted by Crippen LogP contribution is -2.27. The van der Waals surface area contributed by atoms with Crippen LogP contribution in [0.1, 0.15) is 23.2 Å². The molecule has 0 aliphatic carbocycles. The van der Waals surface area contributed by atoms with Crippen molar-refractivity contribution in [2.45, 2.75) is 12.8 Å². The summed E-state index contributed by atoms with van der Waals surface area (Å²) in [6.45, 7) is 4.41. The molecule has 1 aromatic rings. The number of nitrogens with zero attached hydrogens (tertiary/aromatic N) is 1. The number of rotatable bonds is 5. The molecule has 1 aromatic carbocycles. The number of unbranched alkanes of at least 4 members (excludes halogenated alkanes) is 1. The van der Waals surface area contributed by atoms with Crippen LogP contribution in [0.15, 0.2) is 39.8 Å². The maximum absolute atomic E-state index is 12.1. The first-order valence-electron chi connectivity index (χ1n) is 5.37. The van der Waals surface area contributed by atoms with Gasteiger partial charge in [-0.05, 0) is 47.0 Å². The molecule has 92 valence electrons. The summed E-state index contributed by atoms with van der Waals surface area (Å²) >= 11 is 6.77. The third-order valence-corrected chi connectivity index (χ3v) is 3.56. The minimum atomic E-state index is 0.0356. The van der Waals surface area contributed by atoms with Gasteiger partial charge >= 0.3 is 0 Å². The Morgan fingerprint density at radius 2 is 2.18 bits per heavy atom. The summed E-state index contributed by atoms with van der Waals surface area (Å²) in [5.41, 5.74) is 0.689. The van der Waals surface area contributed by atoms with Crippen LogP contribution in [-0.2, 0) is 0 Å². The Bertz CT molecular complexity index is 418. The fourth-order valence-corrected chi connectivity index (χ4v) is 2.66. The average Bonchev–Trinajstić information content (AvgIpc) is 2.28. The molecule has 0 aromatic heterocycles. The average molecular weight is 361 g/mol. The van der Waals surface area contributed by atoms with Crippen LogP contribution in [0.4, 0.5) is 0 Å². The smallest absolute Gasteiger partial charge is 0.254 e. The third-order valence-electron chi connectivity index (χ3n) is 2.41. The van der Waals surface area contributed by atoms with Crippen molar-refractivity contribution >= 4 is 37.8 Å². The highest BCUT2D eigenvalue weighted by Gasteiger charge is 2.14. The molecule has 0 heterocycles. The van der Waals surface area contributed by atoms with Gasteiger partial charge in [-0.15, -0.1) is 6.58 Å². The number of allylic oxidation sites excluding steroid dienone is 1. The molecule has 0 spiro atoms. The molecule has 0 saturated heterocycles. The van der Waals surface area contributed by atoms with E-state index in [0.717, 1.165) is 28.3 Å². The van der Waals surface area contributed by atoms with Gasteiger partial charge in [0.25, 0.3) is 5.91 Å². The van der Waals surface area contributed by atoms with Crippen molar-refractivity contribution in [3.8, 4) is 0 Å². The first kappa shape index (κ1) is 14.5. The van der Waals surface area contributed by atoms with Crippen LogP contribution >= 0.6 is 31.9 Å². The number of hydrogen-bond donors (Lipinski definition) is 0. The van der Waals surface area contributed by atoms with E-state index in [1.54, 1.807) is 4.90 Å². The van der Waals surface area contributed by atoms with E-state index >= 15 is 0 Å². The molecule has 0 aliphatic heterocycles. The van der Waals surface area contributed by atoms with Crippen molar-refractivity contribution in [3.05, 3.63) is 45.4 Å². The standard InChI is InChI=1S/C13H15Br2NO/c1-3-4-5-8-16(2)13(17)11-7-6-10(14)9-12(11)15/h3,6-7,9H,1,4-5,8H2,2H3. The number of carbonyl (C=O) groups is 1. The van der Waals surface area contributed by atoms with E-state index in [0.29, 0.717) is 5.56 Å². The van der Waals surface area contributed by atoms with E-state index < -0.39 is 0 Å². The molecule has 0 saturated carbocycles. The number of halogens is 2. The Balaban J connectivity index is 2.71. The number of carbonyl (C=O) groups excluding carboxylic acids is 1. The van der Waals surface area contributed by atoms with E-state index in [1.807, 2.05) is 31.3 Å². The quantitative estimate of drug-likeness (QED) is 0.567. The van der Waals surface area contributed by atoms with Crippen molar-refractivity contribution in [1.82, 2.24) is 4.90 Å². The maximum atomic E-state index is 12.1. The molecule has 0 unspecified atom stereocenters. The highest BCUT2D eigenvalue weighted by Crippen LogP contribution is 2.23. The number of amides is 1. The second-order valence-electron chi connectivity index (χ2n) is 3.78. The zero-order valence-corrected chi connectivity index (χ0v) is 12.9. The van der Waals surface area contributed by atoms with Crippen LogP contribution in [0.5, 0.6) is 0 Å². The van der Waals surface area contributed by atoms with Crippen LogP contribution < -0.4 is 0 Å². The molecule has 0 radical (unpaired) electrons. The summed E-state index contributed by atoms with van der Waals surface area (Å²) in [6, 6.07) is 5.57. The van der Waals surface area contributed by atoms with Crippen LogP contribution in [0.2, 0.25) is 0 Å². The normalized spacial score (nSPS) is 10.1. The zero-order valence-electron chi connectivity index (χ0n) is 9.75. The van der Waals surface area contributed by atoms with Gasteiger partial charge in [-0.1, -0.05) is 22.0 Å². The Morgan fingerprint density at radius 1 is 1.47 bits per heavy atom. The van der Waals surface area contributed by atoms with E-state index in [-0.39, 0.29) is 5.91 Å². The summed E-state index contributed by atoms with van der Waals surface area (Å²) in [5, 5.41) is 0. The third kappa shape index (κ3) is 4.28. The van der Waals surface area contributed by atoms with Crippen molar-refractivity contribution in [2.75, 3.05) is 13.6 Å². The predicted octanol–water partition coefficient (Wildman–Crippen LogP) is 4.25. The summed E-state index contributed by atoms with van der Waals surface area (Å²) in [4.78, 5) is 13.9. The Morgan fingerprint density at radius 3 is 2.76 bits per heavy atom. The molecule has 17 heavy (non-hydrogen) atoms. The van der Waals surface area contributed by atoms with Gasteiger partial charge < -0.3 is 4.90 Å². The van der Waals surface area contributed by atoms with Gasteiger partial charge in [0, 0.05) is 22.5 Å². The van der Waals surface area contributed by atoms with E-state index in [1.165, 1.54) is 0 Å². The number of benzene rings is 1. The minimum Gasteiger partial charge on any atom is -0.342 e. The monoisotopic (exact) mass is 359 g/mol.